The van der Waals surface area contributed by atoms with Gasteiger partial charge >= 0.3 is 0 Å². The summed E-state index contributed by atoms with van der Waals surface area (Å²) in [4.78, 5) is 8.51. The first kappa shape index (κ1) is 10.9. The third kappa shape index (κ3) is 1.99. The number of hydrogen-bond acceptors (Lipinski definition) is 3. The van der Waals surface area contributed by atoms with Crippen molar-refractivity contribution in [3.63, 3.8) is 0 Å². The van der Waals surface area contributed by atoms with Gasteiger partial charge < -0.3 is 5.73 Å². The molecule has 0 atom stereocenters. The molecular weight excluding hydrogens is 222 g/mol. The van der Waals surface area contributed by atoms with Crippen molar-refractivity contribution < 1.29 is 0 Å². The number of aromatic nitrogens is 2. The van der Waals surface area contributed by atoms with Gasteiger partial charge in [-0.25, -0.2) is 9.97 Å². The molecule has 0 radical (unpaired) electrons. The van der Waals surface area contributed by atoms with Gasteiger partial charge in [0.05, 0.1) is 0 Å². The lowest BCUT2D eigenvalue weighted by Crippen LogP contribution is -2.02. The third-order valence-electron chi connectivity index (χ3n) is 2.37. The molecule has 1 aromatic heterocycles. The number of nitrogen functional groups attached to an aromatic ring is 1. The van der Waals surface area contributed by atoms with Crippen LogP contribution in [0.4, 0.5) is 5.82 Å². The van der Waals surface area contributed by atoms with E-state index in [1.165, 1.54) is 0 Å². The molecule has 0 saturated heterocycles. The fraction of sp³-hybridized carbons (Fsp3) is 0.167. The second-order valence-corrected chi connectivity index (χ2v) is 3.78. The van der Waals surface area contributed by atoms with Crippen molar-refractivity contribution in [1.82, 2.24) is 9.97 Å². The number of nitrogens with two attached hydrogens (primary N) is 1. The van der Waals surface area contributed by atoms with E-state index < -0.39 is 0 Å². The molecule has 1 aromatic carbocycles. The maximum atomic E-state index is 6.05. The van der Waals surface area contributed by atoms with Crippen LogP contribution < -0.4 is 5.73 Å². The smallest absolute Gasteiger partial charge is 0.163 e. The summed E-state index contributed by atoms with van der Waals surface area (Å²) in [5.41, 5.74) is 7.56. The summed E-state index contributed by atoms with van der Waals surface area (Å²) in [6.07, 6.45) is 0.736. The minimum absolute atomic E-state index is 0.439. The van der Waals surface area contributed by atoms with Crippen molar-refractivity contribution in [2.45, 2.75) is 13.3 Å². The van der Waals surface area contributed by atoms with Crippen LogP contribution in [0, 0.1) is 0 Å². The normalized spacial score (nSPS) is 10.4. The van der Waals surface area contributed by atoms with Gasteiger partial charge in [-0.2, -0.15) is 0 Å². The quantitative estimate of drug-likeness (QED) is 0.812. The van der Waals surface area contributed by atoms with Gasteiger partial charge in [-0.15, -0.1) is 0 Å². The van der Waals surface area contributed by atoms with E-state index in [0.29, 0.717) is 16.8 Å². The van der Waals surface area contributed by atoms with Crippen LogP contribution in [0.15, 0.2) is 30.3 Å². The maximum Gasteiger partial charge on any atom is 0.163 e. The van der Waals surface area contributed by atoms with Gasteiger partial charge in [-0.3, -0.25) is 0 Å². The molecule has 0 bridgehead atoms. The molecule has 0 fully saturated rings. The summed E-state index contributed by atoms with van der Waals surface area (Å²) < 4.78 is 0. The van der Waals surface area contributed by atoms with E-state index in [1.54, 1.807) is 0 Å². The van der Waals surface area contributed by atoms with Crippen molar-refractivity contribution in [2.24, 2.45) is 0 Å². The van der Waals surface area contributed by atoms with E-state index in [4.69, 9.17) is 17.3 Å². The molecule has 0 amide bonds. The molecule has 16 heavy (non-hydrogen) atoms. The lowest BCUT2D eigenvalue weighted by Gasteiger charge is -2.07. The second kappa shape index (κ2) is 4.49. The Morgan fingerprint density at radius 3 is 2.44 bits per heavy atom. The highest BCUT2D eigenvalue weighted by atomic mass is 35.5. The molecule has 2 N–H and O–H groups in total. The van der Waals surface area contributed by atoms with E-state index in [9.17, 15) is 0 Å². The first-order valence-electron chi connectivity index (χ1n) is 5.09. The van der Waals surface area contributed by atoms with Crippen LogP contribution in [0.25, 0.3) is 11.4 Å². The van der Waals surface area contributed by atoms with E-state index in [-0.39, 0.29) is 0 Å². The molecule has 4 heteroatoms. The monoisotopic (exact) mass is 233 g/mol. The molecule has 82 valence electrons. The van der Waals surface area contributed by atoms with Crippen LogP contribution in [-0.4, -0.2) is 9.97 Å². The molecule has 0 aliphatic rings. The number of nitrogens with zero attached hydrogens (tertiary/aromatic N) is 2. The van der Waals surface area contributed by atoms with E-state index in [2.05, 4.69) is 9.97 Å². The number of halogens is 1. The van der Waals surface area contributed by atoms with E-state index >= 15 is 0 Å². The number of rotatable bonds is 2. The van der Waals surface area contributed by atoms with E-state index in [0.717, 1.165) is 17.5 Å². The Hall–Kier alpha value is -1.61. The predicted molar refractivity (Wildman–Crippen MR) is 66.3 cm³/mol. The molecule has 0 aliphatic heterocycles. The molecule has 1 heterocycles. The molecule has 0 unspecified atom stereocenters. The largest absolute Gasteiger partial charge is 0.383 e. The Kier molecular flexibility index (Phi) is 3.06. The zero-order valence-corrected chi connectivity index (χ0v) is 9.70. The van der Waals surface area contributed by atoms with Crippen molar-refractivity contribution in [1.29, 1.82) is 0 Å². The predicted octanol–water partition coefficient (Wildman–Crippen LogP) is 2.94. The summed E-state index contributed by atoms with van der Waals surface area (Å²) in [6, 6.07) is 9.65. The van der Waals surface area contributed by atoms with Gasteiger partial charge in [-0.05, 0) is 6.42 Å². The summed E-state index contributed by atoms with van der Waals surface area (Å²) in [5.74, 6) is 1.03. The summed E-state index contributed by atoms with van der Waals surface area (Å²) >= 11 is 6.05. The Balaban J connectivity index is 2.53. The van der Waals surface area contributed by atoms with Crippen LogP contribution in [0.3, 0.4) is 0 Å². The van der Waals surface area contributed by atoms with Crippen LogP contribution in [0.2, 0.25) is 5.15 Å². The van der Waals surface area contributed by atoms with Crippen LogP contribution in [0.1, 0.15) is 12.5 Å². The first-order valence-corrected chi connectivity index (χ1v) is 5.47. The highest BCUT2D eigenvalue weighted by Crippen LogP contribution is 2.23. The van der Waals surface area contributed by atoms with Gasteiger partial charge in [0.15, 0.2) is 5.82 Å². The average molecular weight is 234 g/mol. The van der Waals surface area contributed by atoms with Gasteiger partial charge in [0, 0.05) is 11.1 Å². The molecular formula is C12H12ClN3. The van der Waals surface area contributed by atoms with Crippen LogP contribution in [0.5, 0.6) is 0 Å². The van der Waals surface area contributed by atoms with Crippen molar-refractivity contribution in [2.75, 3.05) is 5.73 Å². The Morgan fingerprint density at radius 1 is 1.19 bits per heavy atom. The Bertz CT molecular complexity index is 474. The summed E-state index contributed by atoms with van der Waals surface area (Å²) in [6.45, 7) is 1.98. The Labute approximate surface area is 99.3 Å². The standard InChI is InChI=1S/C12H12ClN3/c1-2-9-10(13)15-12(16-11(9)14)8-6-4-3-5-7-8/h3-7H,2H2,1H3,(H2,14,15,16). The minimum Gasteiger partial charge on any atom is -0.383 e. The van der Waals surface area contributed by atoms with Crippen LogP contribution in [-0.2, 0) is 6.42 Å². The number of hydrogen-bond donors (Lipinski definition) is 1. The highest BCUT2D eigenvalue weighted by molar-refractivity contribution is 6.30. The van der Waals surface area contributed by atoms with Crippen molar-refractivity contribution in [3.8, 4) is 11.4 Å². The second-order valence-electron chi connectivity index (χ2n) is 3.42. The molecule has 2 rings (SSSR count). The SMILES string of the molecule is CCc1c(N)nc(-c2ccccc2)nc1Cl. The molecule has 0 aliphatic carbocycles. The van der Waals surface area contributed by atoms with Crippen molar-refractivity contribution in [3.05, 3.63) is 41.0 Å². The fourth-order valence-electron chi connectivity index (χ4n) is 1.52. The minimum atomic E-state index is 0.439. The van der Waals surface area contributed by atoms with E-state index in [1.807, 2.05) is 37.3 Å². The fourth-order valence-corrected chi connectivity index (χ4v) is 1.83. The van der Waals surface area contributed by atoms with Gasteiger partial charge in [-0.1, -0.05) is 48.9 Å². The highest BCUT2D eigenvalue weighted by Gasteiger charge is 2.09. The van der Waals surface area contributed by atoms with Gasteiger partial charge in [0.2, 0.25) is 0 Å². The van der Waals surface area contributed by atoms with Gasteiger partial charge in [0.25, 0.3) is 0 Å². The zero-order valence-electron chi connectivity index (χ0n) is 8.94. The molecule has 2 aromatic rings. The number of anilines is 1. The lowest BCUT2D eigenvalue weighted by atomic mass is 10.2. The molecule has 3 nitrogen and oxygen atoms in total. The Morgan fingerprint density at radius 2 is 1.88 bits per heavy atom. The lowest BCUT2D eigenvalue weighted by molar-refractivity contribution is 1.06. The number of benzene rings is 1. The van der Waals surface area contributed by atoms with Crippen LogP contribution >= 0.6 is 11.6 Å². The molecule has 0 saturated carbocycles. The topological polar surface area (TPSA) is 51.8 Å². The average Bonchev–Trinajstić information content (AvgIpc) is 2.30. The molecule has 0 spiro atoms. The van der Waals surface area contributed by atoms with Crippen molar-refractivity contribution >= 4 is 17.4 Å². The maximum absolute atomic E-state index is 6.05. The third-order valence-corrected chi connectivity index (χ3v) is 2.69. The summed E-state index contributed by atoms with van der Waals surface area (Å²) in [7, 11) is 0. The zero-order chi connectivity index (χ0) is 11.5. The first-order chi connectivity index (χ1) is 7.72. The van der Waals surface area contributed by atoms with Gasteiger partial charge in [0.1, 0.15) is 11.0 Å². The summed E-state index contributed by atoms with van der Waals surface area (Å²) in [5, 5.41) is 0.439.